The zero-order valence-electron chi connectivity index (χ0n) is 19.7. The Morgan fingerprint density at radius 3 is 2.32 bits per heavy atom. The Bertz CT molecular complexity index is 641. The second kappa shape index (κ2) is 15.0. The van der Waals surface area contributed by atoms with Crippen molar-refractivity contribution in [2.75, 3.05) is 38.0 Å². The molecule has 1 aromatic heterocycles. The van der Waals surface area contributed by atoms with Crippen LogP contribution in [0.25, 0.3) is 0 Å². The molecule has 31 heavy (non-hydrogen) atoms. The molecule has 7 heteroatoms. The highest BCUT2D eigenvalue weighted by Gasteiger charge is 2.20. The van der Waals surface area contributed by atoms with Crippen molar-refractivity contribution < 1.29 is 14.1 Å². The first-order valence-corrected chi connectivity index (χ1v) is 12.3. The van der Waals surface area contributed by atoms with E-state index in [2.05, 4.69) is 22.3 Å². The third-order valence-electron chi connectivity index (χ3n) is 5.96. The van der Waals surface area contributed by atoms with Crippen LogP contribution in [0, 0.1) is 6.92 Å². The summed E-state index contributed by atoms with van der Waals surface area (Å²) in [6, 6.07) is 1.68. The monoisotopic (exact) mass is 434 g/mol. The number of aromatic nitrogens is 1. The molecule has 1 aliphatic heterocycles. The molecular formula is C24H42N4O3. The van der Waals surface area contributed by atoms with E-state index in [9.17, 15) is 9.59 Å². The smallest absolute Gasteiger partial charge is 0.245 e. The molecule has 2 amide bonds. The summed E-state index contributed by atoms with van der Waals surface area (Å²) >= 11 is 0. The highest BCUT2D eigenvalue weighted by Crippen LogP contribution is 2.13. The molecule has 2 rings (SSSR count). The van der Waals surface area contributed by atoms with Crippen LogP contribution in [-0.4, -0.2) is 59.5 Å². The Balaban J connectivity index is 1.71. The zero-order valence-corrected chi connectivity index (χ0v) is 19.7. The Morgan fingerprint density at radius 2 is 1.71 bits per heavy atom. The van der Waals surface area contributed by atoms with Gasteiger partial charge in [-0.05, 0) is 39.3 Å². The van der Waals surface area contributed by atoms with Gasteiger partial charge in [-0.3, -0.25) is 9.59 Å². The molecular weight excluding hydrogens is 392 g/mol. The average molecular weight is 435 g/mol. The molecule has 7 nitrogen and oxygen atoms in total. The van der Waals surface area contributed by atoms with E-state index in [0.717, 1.165) is 32.5 Å². The molecule has 0 bridgehead atoms. The van der Waals surface area contributed by atoms with E-state index in [4.69, 9.17) is 4.52 Å². The number of nitrogens with one attached hydrogen (secondary N) is 1. The van der Waals surface area contributed by atoms with Crippen molar-refractivity contribution in [3.63, 3.8) is 0 Å². The number of carbonyl (C=O) groups excluding carboxylic acids is 2. The van der Waals surface area contributed by atoms with Gasteiger partial charge in [-0.2, -0.15) is 0 Å². The van der Waals surface area contributed by atoms with Gasteiger partial charge in [0.05, 0.1) is 6.54 Å². The van der Waals surface area contributed by atoms with Crippen molar-refractivity contribution in [1.82, 2.24) is 15.0 Å². The fraction of sp³-hybridized carbons (Fsp3) is 0.792. The Hall–Kier alpha value is -1.89. The first-order chi connectivity index (χ1) is 15.1. The van der Waals surface area contributed by atoms with E-state index in [1.807, 2.05) is 0 Å². The third kappa shape index (κ3) is 10.8. The number of aryl methyl sites for hydroxylation is 1. The zero-order chi connectivity index (χ0) is 22.3. The highest BCUT2D eigenvalue weighted by molar-refractivity contribution is 5.93. The average Bonchev–Trinajstić information content (AvgIpc) is 3.41. The van der Waals surface area contributed by atoms with Gasteiger partial charge >= 0.3 is 0 Å². The molecule has 0 saturated carbocycles. The summed E-state index contributed by atoms with van der Waals surface area (Å²) in [7, 11) is 0. The first-order valence-electron chi connectivity index (χ1n) is 12.3. The van der Waals surface area contributed by atoms with E-state index in [1.165, 1.54) is 57.8 Å². The molecule has 1 N–H and O–H groups in total. The Kier molecular flexibility index (Phi) is 12.3. The van der Waals surface area contributed by atoms with E-state index >= 15 is 0 Å². The minimum Gasteiger partial charge on any atom is -0.360 e. The summed E-state index contributed by atoms with van der Waals surface area (Å²) in [5, 5.41) is 6.53. The Morgan fingerprint density at radius 1 is 1.06 bits per heavy atom. The number of carbonyl (C=O) groups is 2. The third-order valence-corrected chi connectivity index (χ3v) is 5.96. The number of nitrogens with zero attached hydrogens (tertiary/aromatic N) is 3. The lowest BCUT2D eigenvalue weighted by molar-refractivity contribution is -0.135. The molecule has 1 fully saturated rings. The van der Waals surface area contributed by atoms with Crippen LogP contribution in [0.3, 0.4) is 0 Å². The van der Waals surface area contributed by atoms with Gasteiger partial charge in [0.25, 0.3) is 0 Å². The summed E-state index contributed by atoms with van der Waals surface area (Å²) < 4.78 is 4.99. The molecule has 0 aromatic carbocycles. The lowest BCUT2D eigenvalue weighted by Gasteiger charge is -2.25. The van der Waals surface area contributed by atoms with Gasteiger partial charge in [0.2, 0.25) is 11.8 Å². The number of rotatable bonds is 16. The molecule has 2 heterocycles. The van der Waals surface area contributed by atoms with Gasteiger partial charge in [0, 0.05) is 25.6 Å². The van der Waals surface area contributed by atoms with Crippen molar-refractivity contribution >= 4 is 17.6 Å². The molecule has 0 atom stereocenters. The van der Waals surface area contributed by atoms with Crippen LogP contribution in [0.2, 0.25) is 0 Å². The van der Waals surface area contributed by atoms with Crippen molar-refractivity contribution in [2.45, 2.75) is 90.9 Å². The lowest BCUT2D eigenvalue weighted by Crippen LogP contribution is -2.42. The molecule has 0 aliphatic carbocycles. The van der Waals surface area contributed by atoms with Gasteiger partial charge in [0.15, 0.2) is 5.82 Å². The molecule has 1 aromatic rings. The van der Waals surface area contributed by atoms with Gasteiger partial charge in [-0.25, -0.2) is 0 Å². The fourth-order valence-corrected chi connectivity index (χ4v) is 4.09. The summed E-state index contributed by atoms with van der Waals surface area (Å²) in [4.78, 5) is 29.4. The topological polar surface area (TPSA) is 78.7 Å². The van der Waals surface area contributed by atoms with Crippen molar-refractivity contribution in [1.29, 1.82) is 0 Å². The number of amides is 2. The van der Waals surface area contributed by atoms with Crippen molar-refractivity contribution in [3.8, 4) is 0 Å². The maximum absolute atomic E-state index is 12.8. The second-order valence-electron chi connectivity index (χ2n) is 8.81. The molecule has 0 radical (unpaired) electrons. The molecule has 0 spiro atoms. The fourth-order valence-electron chi connectivity index (χ4n) is 4.09. The SMILES string of the molecule is CCCCCCCCCCCC(=O)N(CCN1CCCC1)CC(=O)Nc1cc(C)on1. The van der Waals surface area contributed by atoms with Gasteiger partial charge in [-0.15, -0.1) is 0 Å². The summed E-state index contributed by atoms with van der Waals surface area (Å²) in [6.45, 7) is 7.69. The summed E-state index contributed by atoms with van der Waals surface area (Å²) in [6.07, 6.45) is 14.0. The molecule has 0 unspecified atom stereocenters. The molecule has 1 saturated heterocycles. The van der Waals surface area contributed by atoms with E-state index in [0.29, 0.717) is 24.5 Å². The normalized spacial score (nSPS) is 14.1. The molecule has 1 aliphatic rings. The quantitative estimate of drug-likeness (QED) is 0.379. The Labute approximate surface area is 187 Å². The predicted molar refractivity (Wildman–Crippen MR) is 124 cm³/mol. The van der Waals surface area contributed by atoms with Gasteiger partial charge in [-0.1, -0.05) is 63.4 Å². The second-order valence-corrected chi connectivity index (χ2v) is 8.81. The van der Waals surface area contributed by atoms with Crippen LogP contribution >= 0.6 is 0 Å². The molecule has 176 valence electrons. The van der Waals surface area contributed by atoms with Crippen LogP contribution in [0.4, 0.5) is 5.82 Å². The largest absolute Gasteiger partial charge is 0.360 e. The van der Waals surface area contributed by atoms with E-state index in [-0.39, 0.29) is 18.4 Å². The predicted octanol–water partition coefficient (Wildman–Crippen LogP) is 4.77. The van der Waals surface area contributed by atoms with Gasteiger partial charge in [0.1, 0.15) is 5.76 Å². The van der Waals surface area contributed by atoms with Crippen LogP contribution in [0.1, 0.15) is 89.7 Å². The number of unbranched alkanes of at least 4 members (excludes halogenated alkanes) is 8. The van der Waals surface area contributed by atoms with Crippen molar-refractivity contribution in [2.24, 2.45) is 0 Å². The van der Waals surface area contributed by atoms with E-state index < -0.39 is 0 Å². The highest BCUT2D eigenvalue weighted by atomic mass is 16.5. The van der Waals surface area contributed by atoms with Crippen LogP contribution in [-0.2, 0) is 9.59 Å². The first kappa shape index (κ1) is 25.4. The summed E-state index contributed by atoms with van der Waals surface area (Å²) in [5.74, 6) is 0.889. The van der Waals surface area contributed by atoms with Crippen LogP contribution in [0.15, 0.2) is 10.6 Å². The van der Waals surface area contributed by atoms with Crippen molar-refractivity contribution in [3.05, 3.63) is 11.8 Å². The standard InChI is InChI=1S/C24H42N4O3/c1-3-4-5-6-7-8-9-10-11-14-24(30)28(18-17-27-15-12-13-16-27)20-23(29)25-22-19-21(2)31-26-22/h19H,3-18,20H2,1-2H3,(H,25,26,29). The number of likely N-dealkylation sites (tertiary alicyclic amines) is 1. The van der Waals surface area contributed by atoms with Gasteiger partial charge < -0.3 is 19.6 Å². The number of hydrogen-bond acceptors (Lipinski definition) is 5. The maximum Gasteiger partial charge on any atom is 0.245 e. The maximum atomic E-state index is 12.8. The van der Waals surface area contributed by atoms with Crippen LogP contribution in [0.5, 0.6) is 0 Å². The summed E-state index contributed by atoms with van der Waals surface area (Å²) in [5.41, 5.74) is 0. The van der Waals surface area contributed by atoms with E-state index in [1.54, 1.807) is 17.9 Å². The minimum atomic E-state index is -0.227. The minimum absolute atomic E-state index is 0.0655. The number of anilines is 1. The number of hydrogen-bond donors (Lipinski definition) is 1. The lowest BCUT2D eigenvalue weighted by atomic mass is 10.1. The van der Waals surface area contributed by atoms with Crippen LogP contribution < -0.4 is 5.32 Å².